The molecule has 2 aromatic heterocycles. The lowest BCUT2D eigenvalue weighted by molar-refractivity contribution is 0.164. The fourth-order valence-electron chi connectivity index (χ4n) is 5.20. The highest BCUT2D eigenvalue weighted by molar-refractivity contribution is 5.55. The van der Waals surface area contributed by atoms with Crippen molar-refractivity contribution in [2.45, 2.75) is 136 Å². The van der Waals surface area contributed by atoms with Crippen molar-refractivity contribution in [3.63, 3.8) is 0 Å². The number of unbranched alkanes of at least 4 members (excludes halogenated alkanes) is 14. The van der Waals surface area contributed by atoms with Gasteiger partial charge in [0, 0.05) is 31.9 Å². The Hall–Kier alpha value is -2.48. The quantitative estimate of drug-likeness (QED) is 0.103. The molecule has 1 aromatic carbocycles. The monoisotopic (exact) mass is 582 g/mol. The zero-order valence-electron chi connectivity index (χ0n) is 27.0. The number of nitrogens with one attached hydrogen (secondary N) is 2. The number of hydrogen-bond acceptors (Lipinski definition) is 5. The number of methoxy groups -OCH3 is 2. The standard InChI is InChI=1S/C22H42N2O.C13H16N2O2/c1-3-4-5-6-7-8-9-10-11-12-13-14-15-16-17-18-22-23-20(2)21(19-25)24-22;1-16-8-11-12(9-17-2)15-13(14-11)10-6-4-3-5-7-10/h25H,3-19H2,1-2H3,(H,23,24);3-7H,8-9H2,1-2H3,(H,14,15). The minimum Gasteiger partial charge on any atom is -0.390 e. The van der Waals surface area contributed by atoms with Crippen LogP contribution in [0.4, 0.5) is 0 Å². The molecule has 2 heterocycles. The van der Waals surface area contributed by atoms with Gasteiger partial charge in [-0.3, -0.25) is 0 Å². The van der Waals surface area contributed by atoms with E-state index in [0.29, 0.717) is 13.2 Å². The molecule has 0 saturated heterocycles. The summed E-state index contributed by atoms with van der Waals surface area (Å²) in [6.07, 6.45) is 22.0. The molecule has 0 saturated carbocycles. The van der Waals surface area contributed by atoms with Gasteiger partial charge in [-0.2, -0.15) is 0 Å². The van der Waals surface area contributed by atoms with E-state index in [1.807, 2.05) is 37.3 Å². The van der Waals surface area contributed by atoms with Crippen LogP contribution in [0.2, 0.25) is 0 Å². The summed E-state index contributed by atoms with van der Waals surface area (Å²) in [5.74, 6) is 1.89. The van der Waals surface area contributed by atoms with Crippen LogP contribution >= 0.6 is 0 Å². The maximum atomic E-state index is 9.15. The number of aliphatic hydroxyl groups excluding tert-OH is 1. The highest BCUT2D eigenvalue weighted by atomic mass is 16.5. The van der Waals surface area contributed by atoms with Crippen molar-refractivity contribution >= 4 is 0 Å². The predicted octanol–water partition coefficient (Wildman–Crippen LogP) is 8.99. The molecule has 0 aliphatic rings. The van der Waals surface area contributed by atoms with Gasteiger partial charge in [0.1, 0.15) is 11.6 Å². The van der Waals surface area contributed by atoms with E-state index in [0.717, 1.165) is 46.4 Å². The molecule has 0 amide bonds. The van der Waals surface area contributed by atoms with E-state index in [4.69, 9.17) is 14.6 Å². The molecule has 0 radical (unpaired) electrons. The first-order valence-electron chi connectivity index (χ1n) is 16.4. The van der Waals surface area contributed by atoms with Gasteiger partial charge in [0.05, 0.1) is 36.9 Å². The highest BCUT2D eigenvalue weighted by Crippen LogP contribution is 2.19. The molecule has 7 heteroatoms. The summed E-state index contributed by atoms with van der Waals surface area (Å²) in [5, 5.41) is 9.15. The number of benzene rings is 1. The van der Waals surface area contributed by atoms with Gasteiger partial charge in [0.25, 0.3) is 0 Å². The van der Waals surface area contributed by atoms with E-state index in [1.54, 1.807) is 14.2 Å². The molecule has 3 aromatic rings. The lowest BCUT2D eigenvalue weighted by atomic mass is 10.0. The largest absolute Gasteiger partial charge is 0.390 e. The molecule has 7 nitrogen and oxygen atoms in total. The molecule has 0 spiro atoms. The number of ether oxygens (including phenoxy) is 2. The molecule has 236 valence electrons. The molecule has 42 heavy (non-hydrogen) atoms. The number of nitrogens with zero attached hydrogens (tertiary/aromatic N) is 2. The van der Waals surface area contributed by atoms with Gasteiger partial charge < -0.3 is 24.5 Å². The number of H-pyrrole nitrogens is 2. The Bertz CT molecular complexity index is 1020. The number of aromatic nitrogens is 4. The molecule has 0 atom stereocenters. The Morgan fingerprint density at radius 2 is 1.21 bits per heavy atom. The van der Waals surface area contributed by atoms with Crippen molar-refractivity contribution in [1.29, 1.82) is 0 Å². The molecular weight excluding hydrogens is 524 g/mol. The SMILES string of the molecule is CCCCCCCCCCCCCCCCCc1nc(CO)c(C)[nH]1.COCc1nc(-c2ccccc2)[nH]c1COC. The van der Waals surface area contributed by atoms with Gasteiger partial charge in [-0.25, -0.2) is 9.97 Å². The first-order chi connectivity index (χ1) is 20.6. The fraction of sp³-hybridized carbons (Fsp3) is 0.657. The van der Waals surface area contributed by atoms with E-state index in [-0.39, 0.29) is 6.61 Å². The smallest absolute Gasteiger partial charge is 0.137 e. The van der Waals surface area contributed by atoms with E-state index >= 15 is 0 Å². The van der Waals surface area contributed by atoms with Crippen LogP contribution in [0, 0.1) is 6.92 Å². The maximum Gasteiger partial charge on any atom is 0.137 e. The normalized spacial score (nSPS) is 11.1. The third-order valence-corrected chi connectivity index (χ3v) is 7.68. The van der Waals surface area contributed by atoms with Gasteiger partial charge in [0.15, 0.2) is 0 Å². The second kappa shape index (κ2) is 23.0. The number of rotatable bonds is 22. The van der Waals surface area contributed by atoms with Gasteiger partial charge in [-0.1, -0.05) is 127 Å². The lowest BCUT2D eigenvalue weighted by Crippen LogP contribution is -1.96. The van der Waals surface area contributed by atoms with Crippen LogP contribution in [-0.2, 0) is 35.7 Å². The Balaban J connectivity index is 0.000000314. The Kier molecular flexibility index (Phi) is 19.6. The molecule has 0 bridgehead atoms. The lowest BCUT2D eigenvalue weighted by Gasteiger charge is -2.03. The molecular formula is C35H58N4O3. The summed E-state index contributed by atoms with van der Waals surface area (Å²) in [6, 6.07) is 10.0. The number of aliphatic hydroxyl groups is 1. The van der Waals surface area contributed by atoms with Gasteiger partial charge in [-0.15, -0.1) is 0 Å². The first kappa shape index (κ1) is 35.7. The number of aryl methyl sites for hydroxylation is 2. The van der Waals surface area contributed by atoms with Gasteiger partial charge in [0.2, 0.25) is 0 Å². The average molecular weight is 583 g/mol. The molecule has 0 aliphatic heterocycles. The van der Waals surface area contributed by atoms with Crippen LogP contribution < -0.4 is 0 Å². The average Bonchev–Trinajstić information content (AvgIpc) is 3.58. The van der Waals surface area contributed by atoms with Crippen LogP contribution in [0.3, 0.4) is 0 Å². The van der Waals surface area contributed by atoms with Gasteiger partial charge in [-0.05, 0) is 13.3 Å². The Morgan fingerprint density at radius 1 is 0.667 bits per heavy atom. The number of aromatic amines is 2. The van der Waals surface area contributed by atoms with Crippen molar-refractivity contribution in [2.24, 2.45) is 0 Å². The molecule has 0 fully saturated rings. The van der Waals surface area contributed by atoms with Crippen molar-refractivity contribution in [3.05, 3.63) is 58.9 Å². The Morgan fingerprint density at radius 3 is 1.71 bits per heavy atom. The molecule has 0 unspecified atom stereocenters. The third kappa shape index (κ3) is 14.6. The number of imidazole rings is 2. The second-order valence-electron chi connectivity index (χ2n) is 11.4. The minimum atomic E-state index is 0.0428. The zero-order valence-corrected chi connectivity index (χ0v) is 27.0. The van der Waals surface area contributed by atoms with Crippen molar-refractivity contribution in [3.8, 4) is 11.4 Å². The van der Waals surface area contributed by atoms with Crippen LogP contribution in [0.1, 0.15) is 132 Å². The summed E-state index contributed by atoms with van der Waals surface area (Å²) in [7, 11) is 3.33. The fourth-order valence-corrected chi connectivity index (χ4v) is 5.20. The predicted molar refractivity (Wildman–Crippen MR) is 173 cm³/mol. The van der Waals surface area contributed by atoms with Crippen LogP contribution in [0.25, 0.3) is 11.4 Å². The van der Waals surface area contributed by atoms with Crippen molar-refractivity contribution in [1.82, 2.24) is 19.9 Å². The summed E-state index contributed by atoms with van der Waals surface area (Å²) < 4.78 is 10.3. The Labute approximate surface area is 255 Å². The first-order valence-corrected chi connectivity index (χ1v) is 16.4. The highest BCUT2D eigenvalue weighted by Gasteiger charge is 2.11. The van der Waals surface area contributed by atoms with Crippen LogP contribution in [0.15, 0.2) is 30.3 Å². The van der Waals surface area contributed by atoms with Crippen LogP contribution in [-0.4, -0.2) is 39.3 Å². The molecule has 3 N–H and O–H groups in total. The maximum absolute atomic E-state index is 9.15. The van der Waals surface area contributed by atoms with E-state index in [9.17, 15) is 0 Å². The summed E-state index contributed by atoms with van der Waals surface area (Å²) >= 11 is 0. The van der Waals surface area contributed by atoms with Crippen molar-refractivity contribution in [2.75, 3.05) is 14.2 Å². The third-order valence-electron chi connectivity index (χ3n) is 7.68. The minimum absolute atomic E-state index is 0.0428. The summed E-state index contributed by atoms with van der Waals surface area (Å²) in [6.45, 7) is 5.31. The van der Waals surface area contributed by atoms with E-state index in [2.05, 4.69) is 26.9 Å². The van der Waals surface area contributed by atoms with Gasteiger partial charge >= 0.3 is 0 Å². The van der Waals surface area contributed by atoms with E-state index < -0.39 is 0 Å². The summed E-state index contributed by atoms with van der Waals surface area (Å²) in [5.41, 5.74) is 4.74. The summed E-state index contributed by atoms with van der Waals surface area (Å²) in [4.78, 5) is 15.5. The zero-order chi connectivity index (χ0) is 30.3. The molecule has 3 rings (SSSR count). The van der Waals surface area contributed by atoms with Crippen LogP contribution in [0.5, 0.6) is 0 Å². The topological polar surface area (TPSA) is 96.0 Å². The number of hydrogen-bond donors (Lipinski definition) is 3. The van der Waals surface area contributed by atoms with Crippen molar-refractivity contribution < 1.29 is 14.6 Å². The molecule has 0 aliphatic carbocycles. The van der Waals surface area contributed by atoms with E-state index in [1.165, 1.54) is 96.3 Å². The second-order valence-corrected chi connectivity index (χ2v) is 11.4.